The van der Waals surface area contributed by atoms with E-state index in [0.717, 1.165) is 6.54 Å². The number of rotatable bonds is 5. The molecule has 0 aromatic carbocycles. The molecule has 2 heterocycles. The van der Waals surface area contributed by atoms with Crippen LogP contribution in [-0.4, -0.2) is 35.6 Å². The highest BCUT2D eigenvalue weighted by atomic mass is 15.2. The number of nitrogens with zero attached hydrogens (tertiary/aromatic N) is 2. The van der Waals surface area contributed by atoms with Crippen molar-refractivity contribution in [2.24, 2.45) is 0 Å². The van der Waals surface area contributed by atoms with Crippen LogP contribution in [0.4, 0.5) is 0 Å². The summed E-state index contributed by atoms with van der Waals surface area (Å²) in [5.74, 6) is 0. The number of aromatic nitrogens is 1. The summed E-state index contributed by atoms with van der Waals surface area (Å²) in [6, 6.07) is 2.62. The van der Waals surface area contributed by atoms with E-state index in [-0.39, 0.29) is 0 Å². The molecule has 3 heteroatoms. The SMILES string of the molecule is Cc1ccncc1CNC(C)CN1CCCC1. The van der Waals surface area contributed by atoms with E-state index in [1.54, 1.807) is 0 Å². The highest BCUT2D eigenvalue weighted by Crippen LogP contribution is 2.08. The fraction of sp³-hybridized carbons (Fsp3) is 0.643. The Hall–Kier alpha value is -0.930. The molecule has 1 atom stereocenters. The first-order chi connectivity index (χ1) is 8.25. The lowest BCUT2D eigenvalue weighted by Gasteiger charge is -2.21. The van der Waals surface area contributed by atoms with Crippen LogP contribution in [0, 0.1) is 6.92 Å². The summed E-state index contributed by atoms with van der Waals surface area (Å²) in [5, 5.41) is 3.58. The third-order valence-corrected chi connectivity index (χ3v) is 3.52. The molecule has 94 valence electrons. The first-order valence-electron chi connectivity index (χ1n) is 6.61. The van der Waals surface area contributed by atoms with Crippen molar-refractivity contribution in [2.45, 2.75) is 39.3 Å². The zero-order valence-corrected chi connectivity index (χ0v) is 10.9. The number of pyridine rings is 1. The number of nitrogens with one attached hydrogen (secondary N) is 1. The third kappa shape index (κ3) is 3.79. The largest absolute Gasteiger partial charge is 0.309 e. The molecule has 17 heavy (non-hydrogen) atoms. The lowest BCUT2D eigenvalue weighted by molar-refractivity contribution is 0.298. The maximum Gasteiger partial charge on any atom is 0.0315 e. The second kappa shape index (κ2) is 6.12. The molecule has 1 fully saturated rings. The van der Waals surface area contributed by atoms with E-state index in [1.807, 2.05) is 12.4 Å². The first kappa shape index (κ1) is 12.5. The van der Waals surface area contributed by atoms with Crippen LogP contribution in [0.1, 0.15) is 30.9 Å². The van der Waals surface area contributed by atoms with E-state index in [9.17, 15) is 0 Å². The van der Waals surface area contributed by atoms with Crippen LogP contribution >= 0.6 is 0 Å². The van der Waals surface area contributed by atoms with Gasteiger partial charge in [0.1, 0.15) is 0 Å². The molecule has 1 aliphatic heterocycles. The standard InChI is InChI=1S/C14H23N3/c1-12-5-6-15-9-14(12)10-16-13(2)11-17-7-3-4-8-17/h5-6,9,13,16H,3-4,7-8,10-11H2,1-2H3. The van der Waals surface area contributed by atoms with Crippen molar-refractivity contribution < 1.29 is 0 Å². The minimum Gasteiger partial charge on any atom is -0.309 e. The Morgan fingerprint density at radius 2 is 2.18 bits per heavy atom. The smallest absolute Gasteiger partial charge is 0.0315 e. The van der Waals surface area contributed by atoms with Crippen LogP contribution in [0.15, 0.2) is 18.5 Å². The van der Waals surface area contributed by atoms with Gasteiger partial charge in [0.2, 0.25) is 0 Å². The van der Waals surface area contributed by atoms with Gasteiger partial charge in [-0.25, -0.2) is 0 Å². The Balaban J connectivity index is 1.75. The molecule has 0 saturated carbocycles. The van der Waals surface area contributed by atoms with Gasteiger partial charge in [-0.05, 0) is 57.0 Å². The maximum atomic E-state index is 4.18. The average Bonchev–Trinajstić information content (AvgIpc) is 2.81. The van der Waals surface area contributed by atoms with E-state index in [0.29, 0.717) is 6.04 Å². The van der Waals surface area contributed by atoms with Crippen molar-refractivity contribution in [1.29, 1.82) is 0 Å². The molecule has 2 rings (SSSR count). The topological polar surface area (TPSA) is 28.2 Å². The van der Waals surface area contributed by atoms with Gasteiger partial charge < -0.3 is 10.2 Å². The molecular weight excluding hydrogens is 210 g/mol. The van der Waals surface area contributed by atoms with Crippen LogP contribution in [0.25, 0.3) is 0 Å². The van der Waals surface area contributed by atoms with Gasteiger partial charge in [0.25, 0.3) is 0 Å². The summed E-state index contributed by atoms with van der Waals surface area (Å²) in [5.41, 5.74) is 2.63. The van der Waals surface area contributed by atoms with Gasteiger partial charge in [-0.3, -0.25) is 4.98 Å². The van der Waals surface area contributed by atoms with Crippen LogP contribution < -0.4 is 5.32 Å². The molecule has 1 unspecified atom stereocenters. The predicted molar refractivity (Wildman–Crippen MR) is 70.9 cm³/mol. The summed E-state index contributed by atoms with van der Waals surface area (Å²) >= 11 is 0. The average molecular weight is 233 g/mol. The molecule has 0 aliphatic carbocycles. The lowest BCUT2D eigenvalue weighted by Crippen LogP contribution is -2.37. The second-order valence-corrected chi connectivity index (χ2v) is 5.09. The molecule has 0 amide bonds. The molecule has 1 aromatic rings. The van der Waals surface area contributed by atoms with Crippen LogP contribution in [0.5, 0.6) is 0 Å². The van der Waals surface area contributed by atoms with E-state index in [1.165, 1.54) is 43.6 Å². The maximum absolute atomic E-state index is 4.18. The molecule has 0 spiro atoms. The summed E-state index contributed by atoms with van der Waals surface area (Å²) in [6.07, 6.45) is 6.56. The Morgan fingerprint density at radius 3 is 2.88 bits per heavy atom. The molecular formula is C14H23N3. The van der Waals surface area contributed by atoms with Gasteiger partial charge in [-0.1, -0.05) is 0 Å². The minimum atomic E-state index is 0.549. The Bertz CT molecular complexity index is 345. The molecule has 1 aromatic heterocycles. The van der Waals surface area contributed by atoms with Gasteiger partial charge >= 0.3 is 0 Å². The Morgan fingerprint density at radius 1 is 1.41 bits per heavy atom. The molecule has 0 radical (unpaired) electrons. The van der Waals surface area contributed by atoms with E-state index in [2.05, 4.69) is 35.1 Å². The summed E-state index contributed by atoms with van der Waals surface area (Å²) < 4.78 is 0. The molecule has 1 aliphatic rings. The predicted octanol–water partition coefficient (Wildman–Crippen LogP) is 1.96. The summed E-state index contributed by atoms with van der Waals surface area (Å²) in [4.78, 5) is 6.73. The normalized spacial score (nSPS) is 18.5. The van der Waals surface area contributed by atoms with Crippen LogP contribution in [0.2, 0.25) is 0 Å². The van der Waals surface area contributed by atoms with Crippen LogP contribution in [0.3, 0.4) is 0 Å². The van der Waals surface area contributed by atoms with Crippen molar-refractivity contribution in [3.63, 3.8) is 0 Å². The highest BCUT2D eigenvalue weighted by Gasteiger charge is 2.14. The molecule has 1 N–H and O–H groups in total. The first-order valence-corrected chi connectivity index (χ1v) is 6.61. The van der Waals surface area contributed by atoms with Gasteiger partial charge in [0, 0.05) is 31.5 Å². The van der Waals surface area contributed by atoms with E-state index >= 15 is 0 Å². The third-order valence-electron chi connectivity index (χ3n) is 3.52. The van der Waals surface area contributed by atoms with Crippen LogP contribution in [-0.2, 0) is 6.54 Å². The van der Waals surface area contributed by atoms with E-state index in [4.69, 9.17) is 0 Å². The van der Waals surface area contributed by atoms with Gasteiger partial charge in [0.05, 0.1) is 0 Å². The molecule has 1 saturated heterocycles. The Kier molecular flexibility index (Phi) is 4.51. The summed E-state index contributed by atoms with van der Waals surface area (Å²) in [7, 11) is 0. The second-order valence-electron chi connectivity index (χ2n) is 5.09. The van der Waals surface area contributed by atoms with Crippen molar-refractivity contribution in [2.75, 3.05) is 19.6 Å². The molecule has 3 nitrogen and oxygen atoms in total. The van der Waals surface area contributed by atoms with Gasteiger partial charge in [-0.15, -0.1) is 0 Å². The highest BCUT2D eigenvalue weighted by molar-refractivity contribution is 5.21. The van der Waals surface area contributed by atoms with Gasteiger partial charge in [0.15, 0.2) is 0 Å². The van der Waals surface area contributed by atoms with Crippen molar-refractivity contribution in [3.05, 3.63) is 29.6 Å². The number of aryl methyl sites for hydroxylation is 1. The van der Waals surface area contributed by atoms with Crippen molar-refractivity contribution in [1.82, 2.24) is 15.2 Å². The van der Waals surface area contributed by atoms with Crippen molar-refractivity contribution >= 4 is 0 Å². The lowest BCUT2D eigenvalue weighted by atomic mass is 10.1. The summed E-state index contributed by atoms with van der Waals surface area (Å²) in [6.45, 7) is 9.05. The monoisotopic (exact) mass is 233 g/mol. The molecule has 0 bridgehead atoms. The fourth-order valence-electron chi connectivity index (χ4n) is 2.38. The minimum absolute atomic E-state index is 0.549. The quantitative estimate of drug-likeness (QED) is 0.842. The fourth-order valence-corrected chi connectivity index (χ4v) is 2.38. The van der Waals surface area contributed by atoms with Gasteiger partial charge in [-0.2, -0.15) is 0 Å². The van der Waals surface area contributed by atoms with E-state index < -0.39 is 0 Å². The number of likely N-dealkylation sites (tertiary alicyclic amines) is 1. The number of hydrogen-bond acceptors (Lipinski definition) is 3. The zero-order chi connectivity index (χ0) is 12.1. The number of hydrogen-bond donors (Lipinski definition) is 1. The zero-order valence-electron chi connectivity index (χ0n) is 10.9. The van der Waals surface area contributed by atoms with Crippen molar-refractivity contribution in [3.8, 4) is 0 Å². The Labute approximate surface area is 104 Å².